The van der Waals surface area contributed by atoms with Crippen molar-refractivity contribution in [2.45, 2.75) is 45.7 Å². The van der Waals surface area contributed by atoms with Crippen molar-refractivity contribution in [3.8, 4) is 17.4 Å². The van der Waals surface area contributed by atoms with Gasteiger partial charge in [-0.15, -0.1) is 5.10 Å². The lowest BCUT2D eigenvalue weighted by Crippen LogP contribution is -2.44. The molecule has 1 saturated heterocycles. The number of hydrogen-bond donors (Lipinski definition) is 0. The molecule has 8 nitrogen and oxygen atoms in total. The highest BCUT2D eigenvalue weighted by Gasteiger charge is 2.26. The van der Waals surface area contributed by atoms with Crippen LogP contribution in [0.4, 0.5) is 0 Å². The molecule has 0 aromatic carbocycles. The number of carbonyl (C=O) groups is 1. The first-order valence-corrected chi connectivity index (χ1v) is 9.52. The van der Waals surface area contributed by atoms with Crippen LogP contribution in [-0.4, -0.2) is 42.7 Å². The Kier molecular flexibility index (Phi) is 4.85. The van der Waals surface area contributed by atoms with Crippen LogP contribution in [0.15, 0.2) is 45.8 Å². The van der Waals surface area contributed by atoms with Crippen LogP contribution in [0, 0.1) is 6.92 Å². The maximum Gasteiger partial charge on any atom is 0.352 e. The second-order valence-electron chi connectivity index (χ2n) is 7.15. The lowest BCUT2D eigenvalue weighted by Gasteiger charge is -2.33. The maximum absolute atomic E-state index is 13.1. The number of aryl methyl sites for hydroxylation is 1. The minimum Gasteiger partial charge on any atom is -0.461 e. The zero-order chi connectivity index (χ0) is 19.7. The molecule has 3 aromatic rings. The van der Waals surface area contributed by atoms with E-state index in [0.29, 0.717) is 17.4 Å². The number of pyridine rings is 1. The number of nitrogens with zero attached hydrogens (tertiary/aromatic N) is 5. The van der Waals surface area contributed by atoms with Crippen LogP contribution in [0.5, 0.6) is 0 Å². The van der Waals surface area contributed by atoms with Crippen molar-refractivity contribution in [1.29, 1.82) is 0 Å². The van der Waals surface area contributed by atoms with Crippen molar-refractivity contribution in [2.75, 3.05) is 6.54 Å². The van der Waals surface area contributed by atoms with Gasteiger partial charge in [0.15, 0.2) is 5.76 Å². The number of amides is 1. The molecule has 0 aliphatic carbocycles. The zero-order valence-corrected chi connectivity index (χ0v) is 16.0. The van der Waals surface area contributed by atoms with E-state index >= 15 is 0 Å². The van der Waals surface area contributed by atoms with Gasteiger partial charge in [-0.1, -0.05) is 6.07 Å². The summed E-state index contributed by atoms with van der Waals surface area (Å²) in [5.41, 5.74) is 0.364. The monoisotopic (exact) mass is 381 g/mol. The molecular weight excluding hydrogens is 358 g/mol. The number of rotatable bonds is 4. The standard InChI is InChI=1S/C20H23N5O3/c1-14-7-5-10-17(21-14)25-19(16-9-6-12-28-16)22-24(20(25)27)13-18(26)23-11-4-3-8-15(23)2/h5-7,9-10,12,15H,3-4,8,11,13H2,1-2H3/t15-/m1/s1. The van der Waals surface area contributed by atoms with Gasteiger partial charge in [0.05, 0.1) is 6.26 Å². The van der Waals surface area contributed by atoms with Crippen LogP contribution in [0.2, 0.25) is 0 Å². The summed E-state index contributed by atoms with van der Waals surface area (Å²) in [7, 11) is 0. The molecular formula is C20H23N5O3. The quantitative estimate of drug-likeness (QED) is 0.693. The number of piperidine rings is 1. The number of carbonyl (C=O) groups excluding carboxylic acids is 1. The third-order valence-corrected chi connectivity index (χ3v) is 5.09. The molecule has 0 saturated carbocycles. The van der Waals surface area contributed by atoms with Crippen LogP contribution in [0.1, 0.15) is 31.9 Å². The lowest BCUT2D eigenvalue weighted by atomic mass is 10.0. The van der Waals surface area contributed by atoms with Crippen molar-refractivity contribution < 1.29 is 9.21 Å². The Morgan fingerprint density at radius 3 is 2.82 bits per heavy atom. The largest absolute Gasteiger partial charge is 0.461 e. The molecule has 3 aromatic heterocycles. The summed E-state index contributed by atoms with van der Waals surface area (Å²) in [6, 6.07) is 9.06. The molecule has 146 valence electrons. The SMILES string of the molecule is Cc1cccc(-n2c(-c3ccco3)nn(CC(=O)N3CCCC[C@H]3C)c2=O)n1. The first-order valence-electron chi connectivity index (χ1n) is 9.52. The normalized spacial score (nSPS) is 17.1. The van der Waals surface area contributed by atoms with E-state index in [2.05, 4.69) is 10.1 Å². The van der Waals surface area contributed by atoms with E-state index in [1.54, 1.807) is 18.2 Å². The van der Waals surface area contributed by atoms with E-state index in [9.17, 15) is 9.59 Å². The van der Waals surface area contributed by atoms with Gasteiger partial charge in [0.1, 0.15) is 12.4 Å². The van der Waals surface area contributed by atoms with E-state index in [4.69, 9.17) is 4.42 Å². The van der Waals surface area contributed by atoms with Gasteiger partial charge in [-0.2, -0.15) is 0 Å². The van der Waals surface area contributed by atoms with Gasteiger partial charge in [-0.3, -0.25) is 4.79 Å². The van der Waals surface area contributed by atoms with Gasteiger partial charge >= 0.3 is 5.69 Å². The number of likely N-dealkylation sites (tertiary alicyclic amines) is 1. The lowest BCUT2D eigenvalue weighted by molar-refractivity contribution is -0.135. The third kappa shape index (κ3) is 3.37. The predicted molar refractivity (Wildman–Crippen MR) is 103 cm³/mol. The van der Waals surface area contributed by atoms with E-state index in [-0.39, 0.29) is 18.5 Å². The van der Waals surface area contributed by atoms with Gasteiger partial charge in [0.25, 0.3) is 0 Å². The van der Waals surface area contributed by atoms with Gasteiger partial charge in [0, 0.05) is 18.3 Å². The molecule has 0 N–H and O–H groups in total. The first-order chi connectivity index (χ1) is 13.5. The summed E-state index contributed by atoms with van der Waals surface area (Å²) in [5.74, 6) is 1.12. The Balaban J connectivity index is 1.74. The summed E-state index contributed by atoms with van der Waals surface area (Å²) >= 11 is 0. The highest BCUT2D eigenvalue weighted by molar-refractivity contribution is 5.76. The summed E-state index contributed by atoms with van der Waals surface area (Å²) in [5, 5.41) is 4.40. The maximum atomic E-state index is 13.1. The zero-order valence-electron chi connectivity index (χ0n) is 16.0. The molecule has 0 radical (unpaired) electrons. The minimum absolute atomic E-state index is 0.0952. The third-order valence-electron chi connectivity index (χ3n) is 5.09. The molecule has 8 heteroatoms. The molecule has 4 rings (SSSR count). The second kappa shape index (κ2) is 7.46. The molecule has 1 aliphatic rings. The Labute approximate surface area is 162 Å². The molecule has 4 heterocycles. The highest BCUT2D eigenvalue weighted by atomic mass is 16.3. The summed E-state index contributed by atoms with van der Waals surface area (Å²) < 4.78 is 8.05. The van der Waals surface area contributed by atoms with E-state index in [0.717, 1.165) is 31.5 Å². The van der Waals surface area contributed by atoms with Crippen LogP contribution in [0.3, 0.4) is 0 Å². The van der Waals surface area contributed by atoms with Crippen molar-refractivity contribution >= 4 is 5.91 Å². The van der Waals surface area contributed by atoms with Gasteiger partial charge in [-0.25, -0.2) is 19.0 Å². The second-order valence-corrected chi connectivity index (χ2v) is 7.15. The van der Waals surface area contributed by atoms with E-state index in [1.807, 2.05) is 30.9 Å². The molecule has 0 spiro atoms. The molecule has 1 aliphatic heterocycles. The number of hydrogen-bond acceptors (Lipinski definition) is 5. The first kappa shape index (κ1) is 18.2. The fourth-order valence-corrected chi connectivity index (χ4v) is 3.62. The van der Waals surface area contributed by atoms with Gasteiger partial charge in [0.2, 0.25) is 11.7 Å². The predicted octanol–water partition coefficient (Wildman–Crippen LogP) is 2.40. The van der Waals surface area contributed by atoms with Crippen LogP contribution >= 0.6 is 0 Å². The topological polar surface area (TPSA) is 86.2 Å². The van der Waals surface area contributed by atoms with Crippen molar-refractivity contribution in [2.24, 2.45) is 0 Å². The van der Waals surface area contributed by atoms with Crippen LogP contribution in [-0.2, 0) is 11.3 Å². The molecule has 1 atom stereocenters. The van der Waals surface area contributed by atoms with Crippen LogP contribution < -0.4 is 5.69 Å². The van der Waals surface area contributed by atoms with Gasteiger partial charge < -0.3 is 9.32 Å². The van der Waals surface area contributed by atoms with Crippen molar-refractivity contribution in [3.05, 3.63) is 52.8 Å². The molecule has 28 heavy (non-hydrogen) atoms. The van der Waals surface area contributed by atoms with E-state index in [1.165, 1.54) is 15.5 Å². The molecule has 0 unspecified atom stereocenters. The average Bonchev–Trinajstić information content (AvgIpc) is 3.31. The Bertz CT molecular complexity index is 1030. The van der Waals surface area contributed by atoms with Crippen molar-refractivity contribution in [1.82, 2.24) is 24.2 Å². The molecule has 0 bridgehead atoms. The summed E-state index contributed by atoms with van der Waals surface area (Å²) in [4.78, 5) is 32.2. The fraction of sp³-hybridized carbons (Fsp3) is 0.400. The highest BCUT2D eigenvalue weighted by Crippen LogP contribution is 2.20. The summed E-state index contributed by atoms with van der Waals surface area (Å²) in [6.07, 6.45) is 4.62. The fourth-order valence-electron chi connectivity index (χ4n) is 3.62. The number of furan rings is 1. The Morgan fingerprint density at radius 1 is 1.25 bits per heavy atom. The van der Waals surface area contributed by atoms with Crippen LogP contribution in [0.25, 0.3) is 17.4 Å². The van der Waals surface area contributed by atoms with Crippen molar-refractivity contribution in [3.63, 3.8) is 0 Å². The Hall–Kier alpha value is -3.16. The molecule has 1 fully saturated rings. The Morgan fingerprint density at radius 2 is 2.11 bits per heavy atom. The minimum atomic E-state index is -0.414. The summed E-state index contributed by atoms with van der Waals surface area (Å²) in [6.45, 7) is 4.52. The van der Waals surface area contributed by atoms with Gasteiger partial charge in [-0.05, 0) is 57.4 Å². The molecule has 1 amide bonds. The van der Waals surface area contributed by atoms with E-state index < -0.39 is 5.69 Å². The number of aromatic nitrogens is 4. The average molecular weight is 381 g/mol. The smallest absolute Gasteiger partial charge is 0.352 e.